The van der Waals surface area contributed by atoms with Gasteiger partial charge in [0, 0.05) is 93.4 Å². The topological polar surface area (TPSA) is 87.2 Å². The van der Waals surface area contributed by atoms with Crippen LogP contribution in [0.5, 0.6) is 6.01 Å². The van der Waals surface area contributed by atoms with Crippen LogP contribution < -0.4 is 9.64 Å². The third kappa shape index (κ3) is 6.74. The number of likely N-dealkylation sites (tertiary alicyclic amines) is 1. The fourth-order valence-electron chi connectivity index (χ4n) is 8.24. The predicted octanol–water partition coefficient (Wildman–Crippen LogP) is 5.38. The van der Waals surface area contributed by atoms with Gasteiger partial charge in [0.05, 0.1) is 24.1 Å². The molecular formula is C38H42ClF2N7O3. The van der Waals surface area contributed by atoms with Gasteiger partial charge in [-0.05, 0) is 30.8 Å². The van der Waals surface area contributed by atoms with Crippen LogP contribution in [-0.4, -0.2) is 126 Å². The normalized spacial score (nSPS) is 23.0. The maximum Gasteiger partial charge on any atom is 0.319 e. The number of aromatic nitrogens is 3. The van der Waals surface area contributed by atoms with Crippen LogP contribution >= 0.6 is 11.6 Å². The largest absolute Gasteiger partial charge is 0.461 e. The molecule has 0 spiro atoms. The highest BCUT2D eigenvalue weighted by Crippen LogP contribution is 2.41. The molecule has 51 heavy (non-hydrogen) atoms. The molecule has 8 rings (SSSR count). The van der Waals surface area contributed by atoms with E-state index in [4.69, 9.17) is 26.1 Å². The lowest BCUT2D eigenvalue weighted by molar-refractivity contribution is -0.131. The maximum atomic E-state index is 16.8. The molecule has 2 aromatic carbocycles. The number of rotatable bonds is 10. The van der Waals surface area contributed by atoms with Crippen LogP contribution in [0.15, 0.2) is 54.7 Å². The molecule has 4 aromatic rings. The Labute approximate surface area is 301 Å². The summed E-state index contributed by atoms with van der Waals surface area (Å²) >= 11 is 6.62. The Hall–Kier alpha value is -3.97. The number of nitrogens with zero attached hydrogens (tertiary/aromatic N) is 7. The SMILES string of the molecule is CN(CC1CN(C(=O)/C=C/CN2CCOCC2)C1)c1nc(OC[C@@]23CCCN2C[C@H](F)C3)nc2c(F)c(-c3cccc4cccc(Cl)c34)ncc12. The quantitative estimate of drug-likeness (QED) is 0.201. The highest BCUT2D eigenvalue weighted by Gasteiger charge is 2.49. The number of hydrogen-bond acceptors (Lipinski definition) is 9. The van der Waals surface area contributed by atoms with E-state index in [1.807, 2.05) is 47.2 Å². The van der Waals surface area contributed by atoms with E-state index >= 15 is 4.39 Å². The number of alkyl halides is 1. The Kier molecular flexibility index (Phi) is 9.51. The summed E-state index contributed by atoms with van der Waals surface area (Å²) in [5.74, 6) is 0.0772. The van der Waals surface area contributed by atoms with Crippen molar-refractivity contribution in [2.24, 2.45) is 5.92 Å². The molecule has 4 saturated heterocycles. The molecule has 268 valence electrons. The molecule has 0 aliphatic carbocycles. The van der Waals surface area contributed by atoms with E-state index in [0.29, 0.717) is 59.8 Å². The van der Waals surface area contributed by atoms with Gasteiger partial charge in [-0.25, -0.2) is 8.78 Å². The summed E-state index contributed by atoms with van der Waals surface area (Å²) in [6.45, 7) is 7.17. The standard InChI is InChI=1S/C38H42ClF2N7O3/c1-45(20-25-21-47(22-25)31(49)10-4-12-46-14-16-50-17-15-46)36-29-19-42-34(28-8-2-6-26-7-3-9-30(39)32(26)28)33(41)35(29)43-37(44-36)51-24-38-11-5-13-48(38)23-27(40)18-38/h2-4,6-10,19,25,27H,5,11-18,20-24H2,1H3/b10-4+/t27-,38+/m1/s1. The second kappa shape index (κ2) is 14.2. The number of pyridine rings is 1. The summed E-state index contributed by atoms with van der Waals surface area (Å²) in [6.07, 6.45) is 6.50. The highest BCUT2D eigenvalue weighted by atomic mass is 35.5. The van der Waals surface area contributed by atoms with E-state index in [0.717, 1.165) is 57.6 Å². The second-order valence-corrected chi connectivity index (χ2v) is 14.7. The lowest BCUT2D eigenvalue weighted by Gasteiger charge is -2.40. The lowest BCUT2D eigenvalue weighted by Crippen LogP contribution is -2.53. The maximum absolute atomic E-state index is 16.8. The highest BCUT2D eigenvalue weighted by molar-refractivity contribution is 6.36. The molecule has 4 aliphatic rings. The molecule has 2 aromatic heterocycles. The minimum atomic E-state index is -0.902. The van der Waals surface area contributed by atoms with E-state index in [9.17, 15) is 9.18 Å². The van der Waals surface area contributed by atoms with Gasteiger partial charge in [-0.3, -0.25) is 19.6 Å². The summed E-state index contributed by atoms with van der Waals surface area (Å²) in [4.78, 5) is 35.1. The van der Waals surface area contributed by atoms with Crippen molar-refractivity contribution in [1.29, 1.82) is 0 Å². The van der Waals surface area contributed by atoms with E-state index in [-0.39, 0.29) is 35.7 Å². The Morgan fingerprint density at radius 2 is 1.94 bits per heavy atom. The van der Waals surface area contributed by atoms with Gasteiger partial charge >= 0.3 is 6.01 Å². The van der Waals surface area contributed by atoms with E-state index in [1.165, 1.54) is 0 Å². The van der Waals surface area contributed by atoms with Crippen molar-refractivity contribution in [2.75, 3.05) is 84.1 Å². The summed E-state index contributed by atoms with van der Waals surface area (Å²) in [5.41, 5.74) is 0.365. The first-order valence-corrected chi connectivity index (χ1v) is 18.2. The van der Waals surface area contributed by atoms with Crippen molar-refractivity contribution in [1.82, 2.24) is 29.7 Å². The molecule has 13 heteroatoms. The molecule has 1 amide bonds. The van der Waals surface area contributed by atoms with Crippen molar-refractivity contribution < 1.29 is 23.0 Å². The van der Waals surface area contributed by atoms with Crippen LogP contribution in [-0.2, 0) is 9.53 Å². The zero-order chi connectivity index (χ0) is 35.1. The van der Waals surface area contributed by atoms with Crippen LogP contribution in [0.4, 0.5) is 14.6 Å². The van der Waals surface area contributed by atoms with Crippen molar-refractivity contribution >= 4 is 45.0 Å². The summed E-state index contributed by atoms with van der Waals surface area (Å²) in [7, 11) is 1.90. The molecule has 4 fully saturated rings. The average molecular weight is 718 g/mol. The minimum Gasteiger partial charge on any atom is -0.461 e. The minimum absolute atomic E-state index is 0.000405. The van der Waals surface area contributed by atoms with E-state index in [2.05, 4.69) is 19.8 Å². The summed E-state index contributed by atoms with van der Waals surface area (Å²) in [5, 5.41) is 2.52. The number of fused-ring (bicyclic) bond motifs is 3. The van der Waals surface area contributed by atoms with Crippen LogP contribution in [0.2, 0.25) is 5.02 Å². The molecular weight excluding hydrogens is 676 g/mol. The third-order valence-electron chi connectivity index (χ3n) is 10.9. The smallest absolute Gasteiger partial charge is 0.319 e. The zero-order valence-electron chi connectivity index (χ0n) is 28.7. The summed E-state index contributed by atoms with van der Waals surface area (Å²) < 4.78 is 43.0. The van der Waals surface area contributed by atoms with Crippen molar-refractivity contribution in [3.05, 3.63) is 65.6 Å². The molecule has 0 unspecified atom stereocenters. The monoisotopic (exact) mass is 717 g/mol. The Morgan fingerprint density at radius 1 is 1.14 bits per heavy atom. The fraction of sp³-hybridized carbons (Fsp3) is 0.474. The fourth-order valence-corrected chi connectivity index (χ4v) is 8.52. The number of carbonyl (C=O) groups excluding carboxylic acids is 1. The van der Waals surface area contributed by atoms with Crippen molar-refractivity contribution in [3.63, 3.8) is 0 Å². The molecule has 0 bridgehead atoms. The number of ether oxygens (including phenoxy) is 2. The Balaban J connectivity index is 1.05. The van der Waals surface area contributed by atoms with Crippen LogP contribution in [0, 0.1) is 11.7 Å². The number of benzene rings is 2. The van der Waals surface area contributed by atoms with Crippen LogP contribution in [0.1, 0.15) is 19.3 Å². The molecule has 0 saturated carbocycles. The molecule has 10 nitrogen and oxygen atoms in total. The number of hydrogen-bond donors (Lipinski definition) is 0. The first-order chi connectivity index (χ1) is 24.8. The molecule has 4 aliphatic heterocycles. The zero-order valence-corrected chi connectivity index (χ0v) is 29.5. The van der Waals surface area contributed by atoms with Gasteiger partial charge < -0.3 is 19.3 Å². The first-order valence-electron chi connectivity index (χ1n) is 17.8. The summed E-state index contributed by atoms with van der Waals surface area (Å²) in [6, 6.07) is 11.2. The van der Waals surface area contributed by atoms with Gasteiger partial charge in [-0.15, -0.1) is 0 Å². The Bertz CT molecular complexity index is 1970. The molecule has 6 heterocycles. The van der Waals surface area contributed by atoms with Gasteiger partial charge in [0.2, 0.25) is 5.91 Å². The first kappa shape index (κ1) is 34.1. The van der Waals surface area contributed by atoms with Crippen LogP contribution in [0.25, 0.3) is 32.9 Å². The van der Waals surface area contributed by atoms with Crippen molar-refractivity contribution in [2.45, 2.75) is 31.0 Å². The number of halogens is 3. The van der Waals surface area contributed by atoms with Gasteiger partial charge in [0.25, 0.3) is 0 Å². The van der Waals surface area contributed by atoms with Gasteiger partial charge in [-0.2, -0.15) is 9.97 Å². The number of morpholine rings is 1. The van der Waals surface area contributed by atoms with Crippen molar-refractivity contribution in [3.8, 4) is 17.3 Å². The average Bonchev–Trinajstić information content (AvgIpc) is 3.64. The third-order valence-corrected chi connectivity index (χ3v) is 11.2. The molecule has 0 N–H and O–H groups in total. The van der Waals surface area contributed by atoms with Crippen LogP contribution in [0.3, 0.4) is 0 Å². The number of anilines is 1. The van der Waals surface area contributed by atoms with Gasteiger partial charge in [0.1, 0.15) is 29.8 Å². The number of amides is 1. The Morgan fingerprint density at radius 3 is 2.76 bits per heavy atom. The second-order valence-electron chi connectivity index (χ2n) is 14.3. The van der Waals surface area contributed by atoms with Gasteiger partial charge in [-0.1, -0.05) is 48.0 Å². The molecule has 0 radical (unpaired) electrons. The van der Waals surface area contributed by atoms with E-state index in [1.54, 1.807) is 24.4 Å². The number of carbonyl (C=O) groups is 1. The lowest BCUT2D eigenvalue weighted by atomic mass is 9.95. The van der Waals surface area contributed by atoms with Gasteiger partial charge in [0.15, 0.2) is 5.82 Å². The molecule has 2 atom stereocenters. The predicted molar refractivity (Wildman–Crippen MR) is 194 cm³/mol. The van der Waals surface area contributed by atoms with E-state index < -0.39 is 17.5 Å².